The maximum absolute atomic E-state index is 12.8. The van der Waals surface area contributed by atoms with Crippen molar-refractivity contribution in [3.63, 3.8) is 0 Å². The van der Waals surface area contributed by atoms with Crippen LogP contribution in [-0.2, 0) is 11.2 Å². The van der Waals surface area contributed by atoms with Crippen LogP contribution in [-0.4, -0.2) is 60.9 Å². The molecule has 0 saturated carbocycles. The number of halogens is 4. The smallest absolute Gasteiger partial charge is 0.475 e. The molecule has 1 fully saturated rings. The van der Waals surface area contributed by atoms with E-state index in [1.807, 2.05) is 36.7 Å². The SMILES string of the molecule is Cc1cccc(CCNC(=O)c2cc(Br)cc(N3CCN(c4ccncc4)CC3)c2)c1.O=C(O)C(F)(F)F. The summed E-state index contributed by atoms with van der Waals surface area (Å²) in [4.78, 5) is 30.5. The van der Waals surface area contributed by atoms with Gasteiger partial charge in [-0.05, 0) is 49.2 Å². The highest BCUT2D eigenvalue weighted by atomic mass is 79.9. The predicted octanol–water partition coefficient (Wildman–Crippen LogP) is 5.08. The van der Waals surface area contributed by atoms with Gasteiger partial charge in [-0.1, -0.05) is 45.8 Å². The standard InChI is InChI=1S/C25H27BrN4O.C2HF3O2/c1-19-3-2-4-20(15-19)5-10-28-25(31)21-16-22(26)18-24(17-21)30-13-11-29(12-14-30)23-6-8-27-9-7-23;3-2(4,5)1(6)7/h2-4,6-9,15-18H,5,10-14H2,1H3,(H,28,31);(H,6,7). The third-order valence-corrected chi connectivity index (χ3v) is 6.30. The maximum Gasteiger partial charge on any atom is 0.490 e. The number of anilines is 2. The first-order valence-corrected chi connectivity index (χ1v) is 12.7. The summed E-state index contributed by atoms with van der Waals surface area (Å²) in [5.41, 5.74) is 5.45. The van der Waals surface area contributed by atoms with Gasteiger partial charge in [0.05, 0.1) is 0 Å². The Bertz CT molecular complexity index is 1230. The Morgan fingerprint density at radius 1 is 0.974 bits per heavy atom. The van der Waals surface area contributed by atoms with E-state index in [9.17, 15) is 18.0 Å². The first-order chi connectivity index (χ1) is 18.0. The number of benzene rings is 2. The van der Waals surface area contributed by atoms with Crippen molar-refractivity contribution in [2.75, 3.05) is 42.5 Å². The molecule has 11 heteroatoms. The molecule has 0 unspecified atom stereocenters. The van der Waals surface area contributed by atoms with Gasteiger partial charge in [0.15, 0.2) is 0 Å². The number of aryl methyl sites for hydroxylation is 1. The van der Waals surface area contributed by atoms with E-state index < -0.39 is 12.1 Å². The van der Waals surface area contributed by atoms with E-state index in [0.29, 0.717) is 12.1 Å². The van der Waals surface area contributed by atoms with E-state index in [4.69, 9.17) is 9.90 Å². The molecule has 0 atom stereocenters. The fourth-order valence-electron chi connectivity index (χ4n) is 3.96. The van der Waals surface area contributed by atoms with Crippen molar-refractivity contribution in [2.45, 2.75) is 19.5 Å². The van der Waals surface area contributed by atoms with Gasteiger partial charge < -0.3 is 20.2 Å². The molecule has 2 heterocycles. The molecular weight excluding hydrogens is 565 g/mol. The van der Waals surface area contributed by atoms with Crippen LogP contribution >= 0.6 is 15.9 Å². The minimum Gasteiger partial charge on any atom is -0.475 e. The number of amides is 1. The Morgan fingerprint density at radius 2 is 1.58 bits per heavy atom. The number of pyridine rings is 1. The molecule has 38 heavy (non-hydrogen) atoms. The molecule has 2 aromatic carbocycles. The van der Waals surface area contributed by atoms with Crippen molar-refractivity contribution in [2.24, 2.45) is 0 Å². The number of nitrogens with zero attached hydrogens (tertiary/aromatic N) is 3. The molecule has 0 radical (unpaired) electrons. The summed E-state index contributed by atoms with van der Waals surface area (Å²) < 4.78 is 32.7. The molecule has 1 saturated heterocycles. The first kappa shape index (κ1) is 29.0. The molecule has 1 aliphatic heterocycles. The Hall–Kier alpha value is -3.60. The third kappa shape index (κ3) is 8.76. The van der Waals surface area contributed by atoms with E-state index in [2.05, 4.69) is 73.3 Å². The molecule has 2 N–H and O–H groups in total. The molecule has 1 aliphatic rings. The van der Waals surface area contributed by atoms with Crippen LogP contribution in [0.25, 0.3) is 0 Å². The van der Waals surface area contributed by atoms with Crippen molar-refractivity contribution >= 4 is 39.2 Å². The van der Waals surface area contributed by atoms with E-state index in [0.717, 1.165) is 42.8 Å². The number of piperazine rings is 1. The summed E-state index contributed by atoms with van der Waals surface area (Å²) in [6.45, 7) is 6.40. The zero-order valence-corrected chi connectivity index (χ0v) is 22.3. The van der Waals surface area contributed by atoms with Gasteiger partial charge >= 0.3 is 12.1 Å². The summed E-state index contributed by atoms with van der Waals surface area (Å²) >= 11 is 3.59. The summed E-state index contributed by atoms with van der Waals surface area (Å²) in [5.74, 6) is -2.79. The number of carbonyl (C=O) groups excluding carboxylic acids is 1. The predicted molar refractivity (Wildman–Crippen MR) is 144 cm³/mol. The fourth-order valence-corrected chi connectivity index (χ4v) is 4.44. The number of hydrogen-bond acceptors (Lipinski definition) is 5. The maximum atomic E-state index is 12.8. The normalized spacial score (nSPS) is 13.4. The summed E-state index contributed by atoms with van der Waals surface area (Å²) in [7, 11) is 0. The van der Waals surface area contributed by atoms with Crippen LogP contribution in [0, 0.1) is 6.92 Å². The van der Waals surface area contributed by atoms with E-state index in [1.54, 1.807) is 0 Å². The van der Waals surface area contributed by atoms with Gasteiger partial charge in [-0.15, -0.1) is 0 Å². The van der Waals surface area contributed by atoms with Crippen LogP contribution in [0.3, 0.4) is 0 Å². The van der Waals surface area contributed by atoms with Crippen molar-refractivity contribution in [1.29, 1.82) is 0 Å². The van der Waals surface area contributed by atoms with E-state index >= 15 is 0 Å². The number of carboxylic acids is 1. The summed E-state index contributed by atoms with van der Waals surface area (Å²) in [6, 6.07) is 18.5. The molecule has 4 rings (SSSR count). The summed E-state index contributed by atoms with van der Waals surface area (Å²) in [5, 5.41) is 10.2. The highest BCUT2D eigenvalue weighted by Gasteiger charge is 2.38. The average Bonchev–Trinajstić information content (AvgIpc) is 2.89. The summed E-state index contributed by atoms with van der Waals surface area (Å²) in [6.07, 6.45) is -0.592. The minimum atomic E-state index is -5.08. The van der Waals surface area contributed by atoms with Crippen molar-refractivity contribution in [3.05, 3.63) is 88.2 Å². The highest BCUT2D eigenvalue weighted by Crippen LogP contribution is 2.25. The second-order valence-electron chi connectivity index (χ2n) is 8.68. The Balaban J connectivity index is 0.000000505. The van der Waals surface area contributed by atoms with Gasteiger partial charge in [-0.25, -0.2) is 4.79 Å². The number of hydrogen-bond donors (Lipinski definition) is 2. The van der Waals surface area contributed by atoms with Crippen LogP contribution in [0.15, 0.2) is 71.5 Å². The lowest BCUT2D eigenvalue weighted by Crippen LogP contribution is -2.46. The van der Waals surface area contributed by atoms with Crippen molar-refractivity contribution < 1.29 is 27.9 Å². The van der Waals surface area contributed by atoms with Crippen LogP contribution in [0.2, 0.25) is 0 Å². The largest absolute Gasteiger partial charge is 0.490 e. The van der Waals surface area contributed by atoms with E-state index in [1.165, 1.54) is 16.8 Å². The number of aliphatic carboxylic acids is 1. The number of aromatic nitrogens is 1. The second-order valence-corrected chi connectivity index (χ2v) is 9.59. The molecular formula is C27H28BrF3N4O3. The zero-order chi connectivity index (χ0) is 27.7. The molecule has 0 bridgehead atoms. The molecule has 7 nitrogen and oxygen atoms in total. The average molecular weight is 593 g/mol. The minimum absolute atomic E-state index is 0.0365. The Morgan fingerprint density at radius 3 is 2.16 bits per heavy atom. The number of nitrogens with one attached hydrogen (secondary N) is 1. The van der Waals surface area contributed by atoms with Crippen LogP contribution < -0.4 is 15.1 Å². The lowest BCUT2D eigenvalue weighted by Gasteiger charge is -2.37. The van der Waals surface area contributed by atoms with Crippen LogP contribution in [0.4, 0.5) is 24.5 Å². The first-order valence-electron chi connectivity index (χ1n) is 11.9. The van der Waals surface area contributed by atoms with Crippen molar-refractivity contribution in [1.82, 2.24) is 10.3 Å². The molecule has 1 amide bonds. The lowest BCUT2D eigenvalue weighted by atomic mass is 10.1. The molecule has 0 spiro atoms. The third-order valence-electron chi connectivity index (χ3n) is 5.84. The monoisotopic (exact) mass is 592 g/mol. The van der Waals surface area contributed by atoms with E-state index in [-0.39, 0.29) is 5.91 Å². The molecule has 0 aliphatic carbocycles. The Labute approximate surface area is 227 Å². The number of carboxylic acid groups (broad SMARTS) is 1. The number of carbonyl (C=O) groups is 2. The number of alkyl halides is 3. The van der Waals surface area contributed by atoms with Gasteiger partial charge in [0.2, 0.25) is 0 Å². The van der Waals surface area contributed by atoms with Crippen LogP contribution in [0.1, 0.15) is 21.5 Å². The molecule has 202 valence electrons. The Kier molecular flexibility index (Phi) is 10.1. The van der Waals surface area contributed by atoms with Gasteiger partial charge in [0, 0.05) is 66.5 Å². The molecule has 3 aromatic rings. The highest BCUT2D eigenvalue weighted by molar-refractivity contribution is 9.10. The quantitative estimate of drug-likeness (QED) is 0.415. The topological polar surface area (TPSA) is 85.8 Å². The van der Waals surface area contributed by atoms with Crippen LogP contribution in [0.5, 0.6) is 0 Å². The van der Waals surface area contributed by atoms with Gasteiger partial charge in [0.25, 0.3) is 5.91 Å². The van der Waals surface area contributed by atoms with Crippen molar-refractivity contribution in [3.8, 4) is 0 Å². The molecule has 1 aromatic heterocycles. The van der Waals surface area contributed by atoms with Gasteiger partial charge in [0.1, 0.15) is 0 Å². The fraction of sp³-hybridized carbons (Fsp3) is 0.296. The second kappa shape index (κ2) is 13.3. The lowest BCUT2D eigenvalue weighted by molar-refractivity contribution is -0.192. The number of rotatable bonds is 6. The van der Waals surface area contributed by atoms with Gasteiger partial charge in [-0.2, -0.15) is 13.2 Å². The van der Waals surface area contributed by atoms with Gasteiger partial charge in [-0.3, -0.25) is 9.78 Å². The zero-order valence-electron chi connectivity index (χ0n) is 20.7.